The number of amides is 2. The summed E-state index contributed by atoms with van der Waals surface area (Å²) in [5, 5.41) is 4.14. The van der Waals surface area contributed by atoms with Crippen LogP contribution in [-0.2, 0) is 16.0 Å². The first-order chi connectivity index (χ1) is 12.1. The number of likely N-dealkylation sites (tertiary alicyclic amines) is 1. The summed E-state index contributed by atoms with van der Waals surface area (Å²) >= 11 is 12.0. The summed E-state index contributed by atoms with van der Waals surface area (Å²) in [6.45, 7) is 7.14. The molecule has 5 nitrogen and oxygen atoms in total. The highest BCUT2D eigenvalue weighted by Gasteiger charge is 2.29. The second kappa shape index (κ2) is 8.96. The van der Waals surface area contributed by atoms with Gasteiger partial charge in [-0.15, -0.1) is 0 Å². The Hall–Kier alpha value is -1.46. The van der Waals surface area contributed by atoms with Crippen LogP contribution in [-0.4, -0.2) is 42.1 Å². The van der Waals surface area contributed by atoms with Crippen LogP contribution in [0.15, 0.2) is 18.2 Å². The number of carbonyl (C=O) groups is 2. The van der Waals surface area contributed by atoms with E-state index in [2.05, 4.69) is 5.32 Å². The SMILES string of the molecule is CC(C)(C)OC(=O)N1CCC(C(=O)NCCc2cc(Cl)cc(Cl)c2)CC1. The molecule has 1 aliphatic rings. The van der Waals surface area contributed by atoms with Crippen LogP contribution in [0.4, 0.5) is 4.79 Å². The highest BCUT2D eigenvalue weighted by molar-refractivity contribution is 6.34. The number of halogens is 2. The van der Waals surface area contributed by atoms with E-state index in [0.29, 0.717) is 48.9 Å². The van der Waals surface area contributed by atoms with Crippen LogP contribution in [0.1, 0.15) is 39.2 Å². The fraction of sp³-hybridized carbons (Fsp3) is 0.579. The predicted octanol–water partition coefficient (Wildman–Crippen LogP) is 4.30. The molecule has 2 rings (SSSR count). The zero-order valence-corrected chi connectivity index (χ0v) is 17.0. The lowest BCUT2D eigenvalue weighted by atomic mass is 9.96. The monoisotopic (exact) mass is 400 g/mol. The zero-order valence-electron chi connectivity index (χ0n) is 15.5. The van der Waals surface area contributed by atoms with E-state index in [9.17, 15) is 9.59 Å². The van der Waals surface area contributed by atoms with Crippen LogP contribution in [0, 0.1) is 5.92 Å². The number of rotatable bonds is 4. The fourth-order valence-electron chi connectivity index (χ4n) is 2.88. The van der Waals surface area contributed by atoms with Crippen LogP contribution >= 0.6 is 23.2 Å². The first-order valence-electron chi connectivity index (χ1n) is 8.84. The maximum atomic E-state index is 12.3. The van der Waals surface area contributed by atoms with Crippen LogP contribution in [0.2, 0.25) is 10.0 Å². The number of benzene rings is 1. The third kappa shape index (κ3) is 6.69. The third-order valence-electron chi connectivity index (χ3n) is 4.15. The third-order valence-corrected chi connectivity index (χ3v) is 4.59. The number of ether oxygens (including phenoxy) is 1. The Balaban J connectivity index is 1.73. The molecule has 1 aromatic rings. The molecule has 0 radical (unpaired) electrons. The van der Waals surface area contributed by atoms with Crippen LogP contribution in [0.5, 0.6) is 0 Å². The van der Waals surface area contributed by atoms with E-state index < -0.39 is 5.60 Å². The Labute approximate surface area is 165 Å². The molecule has 0 saturated carbocycles. The van der Waals surface area contributed by atoms with E-state index in [0.717, 1.165) is 5.56 Å². The zero-order chi connectivity index (χ0) is 19.3. The molecule has 0 atom stereocenters. The van der Waals surface area contributed by atoms with E-state index in [4.69, 9.17) is 27.9 Å². The smallest absolute Gasteiger partial charge is 0.410 e. The average molecular weight is 401 g/mol. The van der Waals surface area contributed by atoms with Crippen molar-refractivity contribution < 1.29 is 14.3 Å². The molecule has 1 aliphatic heterocycles. The Kier molecular flexibility index (Phi) is 7.18. The molecule has 1 N–H and O–H groups in total. The number of piperidine rings is 1. The molecule has 0 aliphatic carbocycles. The normalized spacial score (nSPS) is 15.7. The molecule has 1 fully saturated rings. The number of carbonyl (C=O) groups excluding carboxylic acids is 2. The summed E-state index contributed by atoms with van der Waals surface area (Å²) in [4.78, 5) is 26.1. The lowest BCUT2D eigenvalue weighted by molar-refractivity contribution is -0.126. The van der Waals surface area contributed by atoms with E-state index in [1.807, 2.05) is 32.9 Å². The molecule has 1 saturated heterocycles. The molecule has 0 unspecified atom stereocenters. The van der Waals surface area contributed by atoms with E-state index in [-0.39, 0.29) is 17.9 Å². The molecule has 2 amide bonds. The van der Waals surface area contributed by atoms with Crippen LogP contribution < -0.4 is 5.32 Å². The van der Waals surface area contributed by atoms with Gasteiger partial charge in [-0.2, -0.15) is 0 Å². The van der Waals surface area contributed by atoms with Gasteiger partial charge in [-0.25, -0.2) is 4.79 Å². The van der Waals surface area contributed by atoms with Gasteiger partial charge in [0.05, 0.1) is 0 Å². The van der Waals surface area contributed by atoms with Gasteiger partial charge in [0.1, 0.15) is 5.60 Å². The number of nitrogens with zero attached hydrogens (tertiary/aromatic N) is 1. The number of hydrogen-bond acceptors (Lipinski definition) is 3. The van der Waals surface area contributed by atoms with Crippen molar-refractivity contribution in [3.05, 3.63) is 33.8 Å². The van der Waals surface area contributed by atoms with Crippen molar-refractivity contribution in [1.82, 2.24) is 10.2 Å². The minimum absolute atomic E-state index is 0.0296. The Morgan fingerprint density at radius 1 is 1.15 bits per heavy atom. The molecule has 0 bridgehead atoms. The summed E-state index contributed by atoms with van der Waals surface area (Å²) in [6.07, 6.45) is 1.65. The number of hydrogen-bond donors (Lipinski definition) is 1. The van der Waals surface area contributed by atoms with E-state index in [1.165, 1.54) is 0 Å². The van der Waals surface area contributed by atoms with Crippen molar-refractivity contribution in [2.24, 2.45) is 5.92 Å². The average Bonchev–Trinajstić information content (AvgIpc) is 2.52. The maximum absolute atomic E-state index is 12.3. The standard InChI is InChI=1S/C19H26Cl2N2O3/c1-19(2,3)26-18(25)23-8-5-14(6-9-23)17(24)22-7-4-13-10-15(20)12-16(21)11-13/h10-12,14H,4-9H2,1-3H3,(H,22,24). The second-order valence-electron chi connectivity index (χ2n) is 7.56. The first-order valence-corrected chi connectivity index (χ1v) is 9.60. The molecular formula is C19H26Cl2N2O3. The van der Waals surface area contributed by atoms with Crippen molar-refractivity contribution in [1.29, 1.82) is 0 Å². The summed E-state index contributed by atoms with van der Waals surface area (Å²) < 4.78 is 5.37. The molecule has 0 spiro atoms. The van der Waals surface area contributed by atoms with Crippen LogP contribution in [0.25, 0.3) is 0 Å². The van der Waals surface area contributed by atoms with Gasteiger partial charge in [0, 0.05) is 35.6 Å². The summed E-state index contributed by atoms with van der Waals surface area (Å²) in [6, 6.07) is 5.38. The predicted molar refractivity (Wildman–Crippen MR) is 104 cm³/mol. The van der Waals surface area contributed by atoms with E-state index >= 15 is 0 Å². The summed E-state index contributed by atoms with van der Waals surface area (Å²) in [7, 11) is 0. The van der Waals surface area contributed by atoms with Crippen molar-refractivity contribution >= 4 is 35.2 Å². The Morgan fingerprint density at radius 2 is 1.73 bits per heavy atom. The molecule has 26 heavy (non-hydrogen) atoms. The first kappa shape index (κ1) is 20.8. The van der Waals surface area contributed by atoms with Gasteiger partial charge in [-0.1, -0.05) is 23.2 Å². The topological polar surface area (TPSA) is 58.6 Å². The molecule has 144 valence electrons. The van der Waals surface area contributed by atoms with Crippen molar-refractivity contribution in [3.8, 4) is 0 Å². The molecule has 1 aromatic carbocycles. The summed E-state index contributed by atoms with van der Waals surface area (Å²) in [5.74, 6) is -0.0430. The van der Waals surface area contributed by atoms with E-state index in [1.54, 1.807) is 11.0 Å². The molecular weight excluding hydrogens is 375 g/mol. The van der Waals surface area contributed by atoms with Crippen LogP contribution in [0.3, 0.4) is 0 Å². The van der Waals surface area contributed by atoms with Gasteiger partial charge in [-0.05, 0) is 63.8 Å². The van der Waals surface area contributed by atoms with Crippen molar-refractivity contribution in [3.63, 3.8) is 0 Å². The molecule has 7 heteroatoms. The largest absolute Gasteiger partial charge is 0.444 e. The highest BCUT2D eigenvalue weighted by atomic mass is 35.5. The Bertz CT molecular complexity index is 630. The number of nitrogens with one attached hydrogen (secondary N) is 1. The fourth-order valence-corrected chi connectivity index (χ4v) is 3.45. The van der Waals surface area contributed by atoms with Gasteiger partial charge < -0.3 is 15.0 Å². The molecule has 0 aromatic heterocycles. The van der Waals surface area contributed by atoms with Gasteiger partial charge >= 0.3 is 6.09 Å². The minimum atomic E-state index is -0.505. The minimum Gasteiger partial charge on any atom is -0.444 e. The maximum Gasteiger partial charge on any atom is 0.410 e. The lowest BCUT2D eigenvalue weighted by Gasteiger charge is -2.32. The Morgan fingerprint density at radius 3 is 2.27 bits per heavy atom. The van der Waals surface area contributed by atoms with Crippen molar-refractivity contribution in [2.45, 2.75) is 45.6 Å². The van der Waals surface area contributed by atoms with Crippen molar-refractivity contribution in [2.75, 3.05) is 19.6 Å². The van der Waals surface area contributed by atoms with Gasteiger partial charge in [0.15, 0.2) is 0 Å². The van der Waals surface area contributed by atoms with Gasteiger partial charge in [0.2, 0.25) is 5.91 Å². The second-order valence-corrected chi connectivity index (χ2v) is 8.43. The van der Waals surface area contributed by atoms with Gasteiger partial charge in [0.25, 0.3) is 0 Å². The quantitative estimate of drug-likeness (QED) is 0.819. The lowest BCUT2D eigenvalue weighted by Crippen LogP contribution is -2.45. The summed E-state index contributed by atoms with van der Waals surface area (Å²) in [5.41, 5.74) is 0.483. The highest BCUT2D eigenvalue weighted by Crippen LogP contribution is 2.21. The van der Waals surface area contributed by atoms with Gasteiger partial charge in [-0.3, -0.25) is 4.79 Å². The molecule has 1 heterocycles.